The Morgan fingerprint density at radius 2 is 2.25 bits per heavy atom. The maximum Gasteiger partial charge on any atom is 0.269 e. The SMILES string of the molecule is CCNc1ccc(C(=O)NCC(C)c2nccs2)nc1. The first kappa shape index (κ1) is 14.5. The third kappa shape index (κ3) is 3.77. The molecule has 0 aliphatic heterocycles. The Kier molecular flexibility index (Phi) is 5.06. The van der Waals surface area contributed by atoms with Crippen molar-refractivity contribution < 1.29 is 4.79 Å². The molecule has 5 nitrogen and oxygen atoms in total. The summed E-state index contributed by atoms with van der Waals surface area (Å²) in [5.41, 5.74) is 1.35. The standard InChI is InChI=1S/C14H18N4OS/c1-3-15-11-4-5-12(17-9-11)13(19)18-8-10(2)14-16-6-7-20-14/h4-7,9-10,15H,3,8H2,1-2H3,(H,18,19). The van der Waals surface area contributed by atoms with Crippen LogP contribution in [0.4, 0.5) is 5.69 Å². The molecule has 0 radical (unpaired) electrons. The third-order valence-corrected chi connectivity index (χ3v) is 3.83. The highest BCUT2D eigenvalue weighted by Gasteiger charge is 2.12. The van der Waals surface area contributed by atoms with E-state index in [-0.39, 0.29) is 11.8 Å². The Labute approximate surface area is 122 Å². The van der Waals surface area contributed by atoms with Gasteiger partial charge in [-0.25, -0.2) is 9.97 Å². The van der Waals surface area contributed by atoms with Crippen LogP contribution < -0.4 is 10.6 Å². The van der Waals surface area contributed by atoms with Crippen molar-refractivity contribution in [3.8, 4) is 0 Å². The number of thiazole rings is 1. The number of anilines is 1. The first-order valence-corrected chi connectivity index (χ1v) is 7.46. The highest BCUT2D eigenvalue weighted by Crippen LogP contribution is 2.16. The molecule has 106 valence electrons. The summed E-state index contributed by atoms with van der Waals surface area (Å²) >= 11 is 1.60. The van der Waals surface area contributed by atoms with E-state index in [0.29, 0.717) is 12.2 Å². The summed E-state index contributed by atoms with van der Waals surface area (Å²) in [6.07, 6.45) is 3.45. The lowest BCUT2D eigenvalue weighted by atomic mass is 10.2. The van der Waals surface area contributed by atoms with E-state index in [9.17, 15) is 4.79 Å². The number of rotatable bonds is 6. The highest BCUT2D eigenvalue weighted by molar-refractivity contribution is 7.09. The van der Waals surface area contributed by atoms with E-state index in [4.69, 9.17) is 0 Å². The van der Waals surface area contributed by atoms with Gasteiger partial charge in [0, 0.05) is 30.6 Å². The minimum Gasteiger partial charge on any atom is -0.384 e. The number of hydrogen-bond donors (Lipinski definition) is 2. The minimum absolute atomic E-state index is 0.156. The highest BCUT2D eigenvalue weighted by atomic mass is 32.1. The molecular weight excluding hydrogens is 272 g/mol. The fraction of sp³-hybridized carbons (Fsp3) is 0.357. The Hall–Kier alpha value is -1.95. The van der Waals surface area contributed by atoms with Gasteiger partial charge in [-0.1, -0.05) is 6.92 Å². The second-order valence-electron chi connectivity index (χ2n) is 4.44. The second kappa shape index (κ2) is 7.00. The summed E-state index contributed by atoms with van der Waals surface area (Å²) in [6, 6.07) is 3.58. The van der Waals surface area contributed by atoms with Crippen molar-refractivity contribution in [3.63, 3.8) is 0 Å². The summed E-state index contributed by atoms with van der Waals surface area (Å²) in [6.45, 7) is 5.45. The number of amides is 1. The molecule has 2 N–H and O–H groups in total. The van der Waals surface area contributed by atoms with Gasteiger partial charge in [-0.15, -0.1) is 11.3 Å². The van der Waals surface area contributed by atoms with Gasteiger partial charge in [0.1, 0.15) is 5.69 Å². The summed E-state index contributed by atoms with van der Waals surface area (Å²) < 4.78 is 0. The first-order chi connectivity index (χ1) is 9.70. The lowest BCUT2D eigenvalue weighted by Gasteiger charge is -2.10. The molecule has 0 aromatic carbocycles. The molecule has 0 bridgehead atoms. The Morgan fingerprint density at radius 1 is 1.40 bits per heavy atom. The smallest absolute Gasteiger partial charge is 0.269 e. The molecule has 6 heteroatoms. The van der Waals surface area contributed by atoms with Crippen molar-refractivity contribution in [3.05, 3.63) is 40.6 Å². The van der Waals surface area contributed by atoms with E-state index in [1.165, 1.54) is 0 Å². The van der Waals surface area contributed by atoms with Crippen molar-refractivity contribution in [1.29, 1.82) is 0 Å². The van der Waals surface area contributed by atoms with Crippen molar-refractivity contribution in [2.24, 2.45) is 0 Å². The van der Waals surface area contributed by atoms with Crippen molar-refractivity contribution in [2.75, 3.05) is 18.4 Å². The Morgan fingerprint density at radius 3 is 2.85 bits per heavy atom. The normalized spacial score (nSPS) is 11.9. The minimum atomic E-state index is -0.156. The molecule has 0 aliphatic carbocycles. The zero-order valence-corrected chi connectivity index (χ0v) is 12.4. The molecule has 0 saturated heterocycles. The van der Waals surface area contributed by atoms with Gasteiger partial charge in [-0.05, 0) is 19.1 Å². The number of carbonyl (C=O) groups is 1. The van der Waals surface area contributed by atoms with Gasteiger partial charge < -0.3 is 10.6 Å². The average molecular weight is 290 g/mol. The van der Waals surface area contributed by atoms with E-state index < -0.39 is 0 Å². The fourth-order valence-corrected chi connectivity index (χ4v) is 2.44. The zero-order valence-electron chi connectivity index (χ0n) is 11.6. The number of nitrogens with one attached hydrogen (secondary N) is 2. The van der Waals surface area contributed by atoms with Crippen LogP contribution in [0.25, 0.3) is 0 Å². The zero-order chi connectivity index (χ0) is 14.4. The molecule has 0 spiro atoms. The van der Waals surface area contributed by atoms with Gasteiger partial charge in [0.15, 0.2) is 0 Å². The molecule has 1 atom stereocenters. The average Bonchev–Trinajstić information content (AvgIpc) is 3.00. The second-order valence-corrected chi connectivity index (χ2v) is 5.37. The summed E-state index contributed by atoms with van der Waals surface area (Å²) in [5.74, 6) is 0.0523. The van der Waals surface area contributed by atoms with Gasteiger partial charge >= 0.3 is 0 Å². The van der Waals surface area contributed by atoms with Crippen LogP contribution in [0.1, 0.15) is 35.3 Å². The van der Waals surface area contributed by atoms with Crippen LogP contribution in [-0.4, -0.2) is 29.0 Å². The van der Waals surface area contributed by atoms with Crippen molar-refractivity contribution in [1.82, 2.24) is 15.3 Å². The molecular formula is C14H18N4OS. The molecule has 0 fully saturated rings. The molecule has 20 heavy (non-hydrogen) atoms. The Bertz CT molecular complexity index is 539. The summed E-state index contributed by atoms with van der Waals surface area (Å²) in [4.78, 5) is 20.4. The quantitative estimate of drug-likeness (QED) is 0.858. The monoisotopic (exact) mass is 290 g/mol. The van der Waals surface area contributed by atoms with Crippen LogP contribution in [0.2, 0.25) is 0 Å². The van der Waals surface area contributed by atoms with E-state index in [0.717, 1.165) is 17.2 Å². The van der Waals surface area contributed by atoms with Crippen LogP contribution in [0.5, 0.6) is 0 Å². The number of hydrogen-bond acceptors (Lipinski definition) is 5. The maximum atomic E-state index is 12.0. The number of pyridine rings is 1. The molecule has 2 heterocycles. The van der Waals surface area contributed by atoms with Gasteiger partial charge in [0.2, 0.25) is 0 Å². The van der Waals surface area contributed by atoms with Crippen LogP contribution in [0.3, 0.4) is 0 Å². The molecule has 0 saturated carbocycles. The number of carbonyl (C=O) groups excluding carboxylic acids is 1. The summed E-state index contributed by atoms with van der Waals surface area (Å²) in [5, 5.41) is 8.99. The van der Waals surface area contributed by atoms with Crippen LogP contribution in [0.15, 0.2) is 29.9 Å². The molecule has 0 aliphatic rings. The number of aromatic nitrogens is 2. The van der Waals surface area contributed by atoms with Crippen LogP contribution >= 0.6 is 11.3 Å². The largest absolute Gasteiger partial charge is 0.384 e. The van der Waals surface area contributed by atoms with Gasteiger partial charge in [-0.2, -0.15) is 0 Å². The van der Waals surface area contributed by atoms with E-state index in [1.807, 2.05) is 25.3 Å². The van der Waals surface area contributed by atoms with Gasteiger partial charge in [0.05, 0.1) is 16.9 Å². The van der Waals surface area contributed by atoms with E-state index in [1.54, 1.807) is 29.8 Å². The first-order valence-electron chi connectivity index (χ1n) is 6.58. The lowest BCUT2D eigenvalue weighted by Crippen LogP contribution is -2.28. The predicted octanol–water partition coefficient (Wildman–Crippen LogP) is 2.50. The van der Waals surface area contributed by atoms with Gasteiger partial charge in [-0.3, -0.25) is 4.79 Å². The predicted molar refractivity (Wildman–Crippen MR) is 81.3 cm³/mol. The molecule has 1 unspecified atom stereocenters. The van der Waals surface area contributed by atoms with Crippen LogP contribution in [-0.2, 0) is 0 Å². The topological polar surface area (TPSA) is 66.9 Å². The van der Waals surface area contributed by atoms with Crippen molar-refractivity contribution in [2.45, 2.75) is 19.8 Å². The molecule has 2 aromatic heterocycles. The fourth-order valence-electron chi connectivity index (χ4n) is 1.74. The lowest BCUT2D eigenvalue weighted by molar-refractivity contribution is 0.0946. The van der Waals surface area contributed by atoms with Gasteiger partial charge in [0.25, 0.3) is 5.91 Å². The molecule has 1 amide bonds. The molecule has 2 aromatic rings. The maximum absolute atomic E-state index is 12.0. The summed E-state index contributed by atoms with van der Waals surface area (Å²) in [7, 11) is 0. The van der Waals surface area contributed by atoms with Crippen molar-refractivity contribution >= 4 is 22.9 Å². The molecule has 2 rings (SSSR count). The number of nitrogens with zero attached hydrogens (tertiary/aromatic N) is 2. The van der Waals surface area contributed by atoms with E-state index >= 15 is 0 Å². The Balaban J connectivity index is 1.88. The van der Waals surface area contributed by atoms with Crippen LogP contribution in [0, 0.1) is 0 Å². The van der Waals surface area contributed by atoms with E-state index in [2.05, 4.69) is 20.6 Å². The third-order valence-electron chi connectivity index (χ3n) is 2.82.